The molecular formula is C14H20N2O2. The molecule has 18 heavy (non-hydrogen) atoms. The van der Waals surface area contributed by atoms with E-state index < -0.39 is 6.10 Å². The number of benzene rings is 1. The SMILES string of the molecule is CCN(CCCO)c1cc(C#N)ccc1[C@@H](C)O. The molecule has 0 saturated carbocycles. The molecule has 0 fully saturated rings. The zero-order valence-electron chi connectivity index (χ0n) is 10.9. The minimum atomic E-state index is -0.573. The van der Waals surface area contributed by atoms with E-state index in [-0.39, 0.29) is 6.61 Å². The first-order valence-electron chi connectivity index (χ1n) is 6.22. The summed E-state index contributed by atoms with van der Waals surface area (Å²) in [7, 11) is 0. The summed E-state index contributed by atoms with van der Waals surface area (Å²) in [5.41, 5.74) is 2.27. The van der Waals surface area contributed by atoms with E-state index in [4.69, 9.17) is 10.4 Å². The van der Waals surface area contributed by atoms with Crippen LogP contribution >= 0.6 is 0 Å². The number of hydrogen-bond donors (Lipinski definition) is 2. The molecule has 1 aromatic carbocycles. The molecular weight excluding hydrogens is 228 g/mol. The predicted molar refractivity (Wildman–Crippen MR) is 71.4 cm³/mol. The van der Waals surface area contributed by atoms with Gasteiger partial charge in [0.2, 0.25) is 0 Å². The fourth-order valence-corrected chi connectivity index (χ4v) is 1.95. The lowest BCUT2D eigenvalue weighted by Gasteiger charge is -2.26. The first kappa shape index (κ1) is 14.5. The minimum Gasteiger partial charge on any atom is -0.396 e. The van der Waals surface area contributed by atoms with Crippen molar-refractivity contribution in [3.63, 3.8) is 0 Å². The number of nitriles is 1. The Morgan fingerprint density at radius 2 is 2.17 bits per heavy atom. The number of rotatable bonds is 6. The smallest absolute Gasteiger partial charge is 0.0992 e. The second-order valence-corrected chi connectivity index (χ2v) is 4.22. The van der Waals surface area contributed by atoms with Gasteiger partial charge in [-0.3, -0.25) is 0 Å². The Morgan fingerprint density at radius 1 is 1.44 bits per heavy atom. The molecule has 1 aromatic rings. The molecule has 98 valence electrons. The van der Waals surface area contributed by atoms with Crippen molar-refractivity contribution in [3.8, 4) is 6.07 Å². The van der Waals surface area contributed by atoms with Crippen LogP contribution in [0.5, 0.6) is 0 Å². The van der Waals surface area contributed by atoms with Crippen LogP contribution < -0.4 is 4.90 Å². The third-order valence-electron chi connectivity index (χ3n) is 2.92. The number of aliphatic hydroxyl groups is 2. The molecule has 4 nitrogen and oxygen atoms in total. The van der Waals surface area contributed by atoms with Gasteiger partial charge in [-0.1, -0.05) is 6.07 Å². The molecule has 4 heteroatoms. The first-order chi connectivity index (χ1) is 8.63. The molecule has 0 amide bonds. The monoisotopic (exact) mass is 248 g/mol. The van der Waals surface area contributed by atoms with Gasteiger partial charge >= 0.3 is 0 Å². The van der Waals surface area contributed by atoms with Gasteiger partial charge in [-0.15, -0.1) is 0 Å². The normalized spacial score (nSPS) is 11.9. The summed E-state index contributed by atoms with van der Waals surface area (Å²) in [6, 6.07) is 7.41. The second-order valence-electron chi connectivity index (χ2n) is 4.22. The van der Waals surface area contributed by atoms with Crippen molar-refractivity contribution in [3.05, 3.63) is 29.3 Å². The molecule has 0 spiro atoms. The zero-order chi connectivity index (χ0) is 13.5. The van der Waals surface area contributed by atoms with Crippen LogP contribution in [-0.4, -0.2) is 29.9 Å². The van der Waals surface area contributed by atoms with Crippen molar-refractivity contribution in [1.29, 1.82) is 5.26 Å². The second kappa shape index (κ2) is 7.00. The van der Waals surface area contributed by atoms with Gasteiger partial charge < -0.3 is 15.1 Å². The number of nitrogens with zero attached hydrogens (tertiary/aromatic N) is 2. The molecule has 0 bridgehead atoms. The zero-order valence-corrected chi connectivity index (χ0v) is 10.9. The Labute approximate surface area is 108 Å². The van der Waals surface area contributed by atoms with E-state index in [1.54, 1.807) is 25.1 Å². The summed E-state index contributed by atoms with van der Waals surface area (Å²) in [4.78, 5) is 2.07. The fraction of sp³-hybridized carbons (Fsp3) is 0.500. The molecule has 0 saturated heterocycles. The topological polar surface area (TPSA) is 67.5 Å². The van der Waals surface area contributed by atoms with Crippen LogP contribution in [0.4, 0.5) is 5.69 Å². The molecule has 0 aromatic heterocycles. The van der Waals surface area contributed by atoms with Gasteiger partial charge in [-0.05, 0) is 32.4 Å². The summed E-state index contributed by atoms with van der Waals surface area (Å²) in [5.74, 6) is 0. The van der Waals surface area contributed by atoms with Crippen LogP contribution in [0.25, 0.3) is 0 Å². The van der Waals surface area contributed by atoms with Crippen molar-refractivity contribution in [2.45, 2.75) is 26.4 Å². The molecule has 2 N–H and O–H groups in total. The number of aliphatic hydroxyl groups excluding tert-OH is 2. The largest absolute Gasteiger partial charge is 0.396 e. The van der Waals surface area contributed by atoms with Gasteiger partial charge in [-0.25, -0.2) is 0 Å². The molecule has 0 heterocycles. The predicted octanol–water partition coefficient (Wildman–Crippen LogP) is 1.82. The number of hydrogen-bond acceptors (Lipinski definition) is 4. The molecule has 0 aliphatic rings. The Kier molecular flexibility index (Phi) is 5.63. The van der Waals surface area contributed by atoms with Crippen molar-refractivity contribution in [2.24, 2.45) is 0 Å². The van der Waals surface area contributed by atoms with Crippen LogP contribution in [0.3, 0.4) is 0 Å². The summed E-state index contributed by atoms with van der Waals surface area (Å²) < 4.78 is 0. The van der Waals surface area contributed by atoms with E-state index in [9.17, 15) is 5.11 Å². The third-order valence-corrected chi connectivity index (χ3v) is 2.92. The highest BCUT2D eigenvalue weighted by molar-refractivity contribution is 5.58. The lowest BCUT2D eigenvalue weighted by molar-refractivity contribution is 0.199. The lowest BCUT2D eigenvalue weighted by Crippen LogP contribution is -2.26. The van der Waals surface area contributed by atoms with Crippen molar-refractivity contribution in [2.75, 3.05) is 24.6 Å². The summed E-state index contributed by atoms with van der Waals surface area (Å²) in [6.45, 7) is 5.35. The van der Waals surface area contributed by atoms with Gasteiger partial charge in [0.05, 0.1) is 17.7 Å². The van der Waals surface area contributed by atoms with Crippen molar-refractivity contribution in [1.82, 2.24) is 0 Å². The quantitative estimate of drug-likeness (QED) is 0.806. The molecule has 0 unspecified atom stereocenters. The van der Waals surface area contributed by atoms with Gasteiger partial charge in [0, 0.05) is 30.9 Å². The fourth-order valence-electron chi connectivity index (χ4n) is 1.95. The van der Waals surface area contributed by atoms with Gasteiger partial charge in [0.25, 0.3) is 0 Å². The van der Waals surface area contributed by atoms with Crippen LogP contribution in [-0.2, 0) is 0 Å². The van der Waals surface area contributed by atoms with Gasteiger partial charge in [0.15, 0.2) is 0 Å². The van der Waals surface area contributed by atoms with Crippen molar-refractivity contribution >= 4 is 5.69 Å². The average Bonchev–Trinajstić information content (AvgIpc) is 2.39. The van der Waals surface area contributed by atoms with Crippen molar-refractivity contribution < 1.29 is 10.2 Å². The summed E-state index contributed by atoms with van der Waals surface area (Å²) in [5, 5.41) is 27.6. The average molecular weight is 248 g/mol. The van der Waals surface area contributed by atoms with E-state index in [0.717, 1.165) is 17.8 Å². The van der Waals surface area contributed by atoms with Crippen LogP contribution in [0.2, 0.25) is 0 Å². The van der Waals surface area contributed by atoms with Gasteiger partial charge in [-0.2, -0.15) is 5.26 Å². The minimum absolute atomic E-state index is 0.137. The maximum absolute atomic E-state index is 9.78. The molecule has 1 atom stereocenters. The lowest BCUT2D eigenvalue weighted by atomic mass is 10.0. The van der Waals surface area contributed by atoms with E-state index in [1.807, 2.05) is 6.92 Å². The summed E-state index contributed by atoms with van der Waals surface area (Å²) in [6.07, 6.45) is 0.0973. The highest BCUT2D eigenvalue weighted by atomic mass is 16.3. The van der Waals surface area contributed by atoms with E-state index in [1.165, 1.54) is 0 Å². The Hall–Kier alpha value is -1.57. The summed E-state index contributed by atoms with van der Waals surface area (Å²) >= 11 is 0. The standard InChI is InChI=1S/C14H20N2O2/c1-3-16(7-4-8-17)14-9-12(10-15)5-6-13(14)11(2)18/h5-6,9,11,17-18H,3-4,7-8H2,1-2H3/t11-/m1/s1. The maximum atomic E-state index is 9.78. The Morgan fingerprint density at radius 3 is 2.67 bits per heavy atom. The van der Waals surface area contributed by atoms with Gasteiger partial charge in [0.1, 0.15) is 0 Å². The highest BCUT2D eigenvalue weighted by Crippen LogP contribution is 2.27. The molecule has 1 rings (SSSR count). The first-order valence-corrected chi connectivity index (χ1v) is 6.22. The molecule has 0 radical (unpaired) electrons. The number of anilines is 1. The van der Waals surface area contributed by atoms with E-state index in [0.29, 0.717) is 18.5 Å². The van der Waals surface area contributed by atoms with Crippen LogP contribution in [0.15, 0.2) is 18.2 Å². The molecule has 0 aliphatic heterocycles. The highest BCUT2D eigenvalue weighted by Gasteiger charge is 2.14. The Bertz CT molecular complexity index is 424. The van der Waals surface area contributed by atoms with Crippen LogP contribution in [0, 0.1) is 11.3 Å². The third kappa shape index (κ3) is 3.46. The maximum Gasteiger partial charge on any atom is 0.0992 e. The van der Waals surface area contributed by atoms with Crippen LogP contribution in [0.1, 0.15) is 37.5 Å². The van der Waals surface area contributed by atoms with E-state index >= 15 is 0 Å². The Balaban J connectivity index is 3.12. The van der Waals surface area contributed by atoms with E-state index in [2.05, 4.69) is 11.0 Å². The molecule has 0 aliphatic carbocycles.